The SMILES string of the molecule is COc1ccc(C[C@@H]2c3cc(OC)c(OC)cc3CCN2C(C)(C)[C@H]2CC[C@H](C)C[C@@H]2O)cc1OC. The van der Waals surface area contributed by atoms with Crippen LogP contribution in [-0.2, 0) is 12.8 Å². The fourth-order valence-corrected chi connectivity index (χ4v) is 6.56. The van der Waals surface area contributed by atoms with Crippen molar-refractivity contribution in [3.05, 3.63) is 47.0 Å². The molecule has 0 bridgehead atoms. The minimum absolute atomic E-state index is 0.119. The maximum atomic E-state index is 11.2. The number of hydrogen-bond donors (Lipinski definition) is 1. The lowest BCUT2D eigenvalue weighted by molar-refractivity contribution is -0.0635. The van der Waals surface area contributed by atoms with Crippen LogP contribution < -0.4 is 18.9 Å². The molecular formula is C30H43NO5. The van der Waals surface area contributed by atoms with Gasteiger partial charge in [0.25, 0.3) is 0 Å². The van der Waals surface area contributed by atoms with Gasteiger partial charge in [-0.15, -0.1) is 0 Å². The highest BCUT2D eigenvalue weighted by Crippen LogP contribution is 2.47. The van der Waals surface area contributed by atoms with Crippen molar-refractivity contribution in [2.24, 2.45) is 11.8 Å². The maximum Gasteiger partial charge on any atom is 0.161 e. The van der Waals surface area contributed by atoms with Gasteiger partial charge in [0, 0.05) is 24.0 Å². The van der Waals surface area contributed by atoms with E-state index in [4.69, 9.17) is 18.9 Å². The molecule has 0 aromatic heterocycles. The van der Waals surface area contributed by atoms with Gasteiger partial charge in [-0.25, -0.2) is 0 Å². The normalized spacial score (nSPS) is 24.7. The van der Waals surface area contributed by atoms with Gasteiger partial charge in [0.2, 0.25) is 0 Å². The molecule has 1 fully saturated rings. The van der Waals surface area contributed by atoms with E-state index in [2.05, 4.69) is 49.9 Å². The van der Waals surface area contributed by atoms with Crippen molar-refractivity contribution in [2.75, 3.05) is 35.0 Å². The topological polar surface area (TPSA) is 60.4 Å². The van der Waals surface area contributed by atoms with Crippen LogP contribution >= 0.6 is 0 Å². The van der Waals surface area contributed by atoms with Crippen LogP contribution in [0.25, 0.3) is 0 Å². The molecule has 198 valence electrons. The van der Waals surface area contributed by atoms with Crippen LogP contribution in [0.3, 0.4) is 0 Å². The first kappa shape index (κ1) is 26.6. The number of fused-ring (bicyclic) bond motifs is 1. The van der Waals surface area contributed by atoms with E-state index in [1.54, 1.807) is 28.4 Å². The summed E-state index contributed by atoms with van der Waals surface area (Å²) >= 11 is 0. The monoisotopic (exact) mass is 497 g/mol. The van der Waals surface area contributed by atoms with Gasteiger partial charge in [-0.1, -0.05) is 19.4 Å². The molecule has 4 rings (SSSR count). The molecule has 2 aliphatic rings. The summed E-state index contributed by atoms with van der Waals surface area (Å²) in [6.45, 7) is 7.82. The number of nitrogens with zero attached hydrogens (tertiary/aromatic N) is 1. The lowest BCUT2D eigenvalue weighted by atomic mass is 9.69. The molecule has 1 aliphatic carbocycles. The van der Waals surface area contributed by atoms with Crippen molar-refractivity contribution < 1.29 is 24.1 Å². The highest BCUT2D eigenvalue weighted by molar-refractivity contribution is 5.50. The molecule has 1 saturated carbocycles. The standard InChI is InChI=1S/C30H43NO5/c1-19-8-10-23(25(32)14-19)30(2,3)31-13-12-21-17-28(35-6)29(36-7)18-22(21)24(31)15-20-9-11-26(33-4)27(16-20)34-5/h9,11,16-19,23-25,32H,8,10,12-15H2,1-7H3/t19-,23-,24+,25-/m0/s1. The number of methoxy groups -OCH3 is 4. The zero-order valence-corrected chi connectivity index (χ0v) is 23.0. The van der Waals surface area contributed by atoms with Crippen molar-refractivity contribution in [3.63, 3.8) is 0 Å². The predicted molar refractivity (Wildman–Crippen MR) is 143 cm³/mol. The lowest BCUT2D eigenvalue weighted by Gasteiger charge is -2.53. The molecule has 4 atom stereocenters. The fourth-order valence-electron chi connectivity index (χ4n) is 6.56. The summed E-state index contributed by atoms with van der Waals surface area (Å²) in [6, 6.07) is 10.6. The lowest BCUT2D eigenvalue weighted by Crippen LogP contribution is -2.57. The smallest absolute Gasteiger partial charge is 0.161 e. The largest absolute Gasteiger partial charge is 0.493 e. The number of benzene rings is 2. The Morgan fingerprint density at radius 1 is 0.889 bits per heavy atom. The summed E-state index contributed by atoms with van der Waals surface area (Å²) in [7, 11) is 6.72. The third-order valence-electron chi connectivity index (χ3n) is 8.61. The average Bonchev–Trinajstić information content (AvgIpc) is 2.87. The van der Waals surface area contributed by atoms with E-state index in [0.717, 1.165) is 55.2 Å². The van der Waals surface area contributed by atoms with Gasteiger partial charge < -0.3 is 24.1 Å². The van der Waals surface area contributed by atoms with Gasteiger partial charge >= 0.3 is 0 Å². The van der Waals surface area contributed by atoms with Gasteiger partial charge in [0.15, 0.2) is 23.0 Å². The zero-order valence-electron chi connectivity index (χ0n) is 23.0. The first-order valence-corrected chi connectivity index (χ1v) is 13.1. The van der Waals surface area contributed by atoms with E-state index >= 15 is 0 Å². The molecule has 0 saturated heterocycles. The fraction of sp³-hybridized carbons (Fsp3) is 0.600. The molecule has 2 aromatic rings. The highest BCUT2D eigenvalue weighted by atomic mass is 16.5. The molecule has 2 aromatic carbocycles. The molecule has 0 spiro atoms. The number of ether oxygens (including phenoxy) is 4. The summed E-state index contributed by atoms with van der Waals surface area (Å²) in [5, 5.41) is 11.2. The predicted octanol–water partition coefficient (Wildman–Crippen LogP) is 5.44. The summed E-state index contributed by atoms with van der Waals surface area (Å²) in [5.74, 6) is 3.79. The molecule has 6 nitrogen and oxygen atoms in total. The van der Waals surface area contributed by atoms with E-state index in [-0.39, 0.29) is 23.6 Å². The zero-order chi connectivity index (χ0) is 26.0. The molecule has 0 unspecified atom stereocenters. The van der Waals surface area contributed by atoms with Crippen molar-refractivity contribution in [1.82, 2.24) is 4.90 Å². The van der Waals surface area contributed by atoms with Crippen molar-refractivity contribution in [2.45, 2.75) is 70.6 Å². The molecule has 6 heteroatoms. The maximum absolute atomic E-state index is 11.2. The number of aliphatic hydroxyl groups is 1. The van der Waals surface area contributed by atoms with E-state index in [9.17, 15) is 5.11 Å². The van der Waals surface area contributed by atoms with Gasteiger partial charge in [-0.3, -0.25) is 4.90 Å². The highest BCUT2D eigenvalue weighted by Gasteiger charge is 2.46. The molecule has 1 heterocycles. The Kier molecular flexibility index (Phi) is 8.06. The molecule has 1 aliphatic heterocycles. The third kappa shape index (κ3) is 5.03. The van der Waals surface area contributed by atoms with Crippen LogP contribution in [0.15, 0.2) is 30.3 Å². The van der Waals surface area contributed by atoms with E-state index in [1.807, 2.05) is 6.07 Å². The summed E-state index contributed by atoms with van der Waals surface area (Å²) in [5.41, 5.74) is 3.56. The van der Waals surface area contributed by atoms with Crippen molar-refractivity contribution in [1.29, 1.82) is 0 Å². The Morgan fingerprint density at radius 3 is 2.17 bits per heavy atom. The minimum atomic E-state index is -0.280. The van der Waals surface area contributed by atoms with E-state index in [1.165, 1.54) is 23.1 Å². The Labute approximate surface area is 216 Å². The van der Waals surface area contributed by atoms with E-state index in [0.29, 0.717) is 5.92 Å². The van der Waals surface area contributed by atoms with E-state index < -0.39 is 0 Å². The quantitative estimate of drug-likeness (QED) is 0.524. The van der Waals surface area contributed by atoms with Gasteiger partial charge in [-0.2, -0.15) is 0 Å². The molecule has 1 N–H and O–H groups in total. The molecule has 0 radical (unpaired) electrons. The minimum Gasteiger partial charge on any atom is -0.493 e. The summed E-state index contributed by atoms with van der Waals surface area (Å²) < 4.78 is 22.4. The van der Waals surface area contributed by atoms with Crippen LogP contribution in [0.4, 0.5) is 0 Å². The Balaban J connectivity index is 1.77. The number of rotatable bonds is 8. The molecule has 0 amide bonds. The second-order valence-corrected chi connectivity index (χ2v) is 11.0. The van der Waals surface area contributed by atoms with Crippen LogP contribution in [0.2, 0.25) is 0 Å². The van der Waals surface area contributed by atoms with Crippen molar-refractivity contribution >= 4 is 0 Å². The van der Waals surface area contributed by atoms with Crippen LogP contribution in [0.1, 0.15) is 62.8 Å². The molecular weight excluding hydrogens is 454 g/mol. The number of aliphatic hydroxyl groups excluding tert-OH is 1. The molecule has 36 heavy (non-hydrogen) atoms. The van der Waals surface area contributed by atoms with Crippen LogP contribution in [0, 0.1) is 11.8 Å². The summed E-state index contributed by atoms with van der Waals surface area (Å²) in [4.78, 5) is 2.63. The Hall–Kier alpha value is -2.44. The van der Waals surface area contributed by atoms with Gasteiger partial charge in [0.1, 0.15) is 0 Å². The first-order valence-electron chi connectivity index (χ1n) is 13.1. The first-order chi connectivity index (χ1) is 17.2. The second kappa shape index (κ2) is 10.9. The van der Waals surface area contributed by atoms with Crippen LogP contribution in [-0.4, -0.2) is 56.6 Å². The van der Waals surface area contributed by atoms with Gasteiger partial charge in [-0.05, 0) is 86.4 Å². The van der Waals surface area contributed by atoms with Gasteiger partial charge in [0.05, 0.1) is 34.5 Å². The Bertz CT molecular complexity index is 1050. The Morgan fingerprint density at radius 2 is 1.53 bits per heavy atom. The van der Waals surface area contributed by atoms with Crippen LogP contribution in [0.5, 0.6) is 23.0 Å². The number of hydrogen-bond acceptors (Lipinski definition) is 6. The third-order valence-corrected chi connectivity index (χ3v) is 8.61. The summed E-state index contributed by atoms with van der Waals surface area (Å²) in [6.07, 6.45) is 4.56. The average molecular weight is 498 g/mol. The van der Waals surface area contributed by atoms with Crippen molar-refractivity contribution in [3.8, 4) is 23.0 Å². The second-order valence-electron chi connectivity index (χ2n) is 11.0.